The zero-order chi connectivity index (χ0) is 20.2. The lowest BCUT2D eigenvalue weighted by Gasteiger charge is -2.12. The molecule has 4 aromatic rings. The highest BCUT2D eigenvalue weighted by molar-refractivity contribution is 7.12. The molecular formula is C23H20N2O3S. The van der Waals surface area contributed by atoms with E-state index in [1.165, 1.54) is 11.3 Å². The molecular weight excluding hydrogens is 384 g/mol. The zero-order valence-corrected chi connectivity index (χ0v) is 16.7. The van der Waals surface area contributed by atoms with Crippen LogP contribution in [0.2, 0.25) is 0 Å². The summed E-state index contributed by atoms with van der Waals surface area (Å²) >= 11 is 1.40. The van der Waals surface area contributed by atoms with Gasteiger partial charge in [-0.25, -0.2) is 0 Å². The number of para-hydroxylation sites is 1. The molecule has 2 aromatic carbocycles. The Morgan fingerprint density at radius 1 is 1.00 bits per heavy atom. The molecule has 146 valence electrons. The third kappa shape index (κ3) is 4.38. The predicted molar refractivity (Wildman–Crippen MR) is 114 cm³/mol. The maximum Gasteiger partial charge on any atom is 0.261 e. The highest BCUT2D eigenvalue weighted by atomic mass is 32.1. The lowest BCUT2D eigenvalue weighted by Crippen LogP contribution is -2.26. The van der Waals surface area contributed by atoms with Crippen LogP contribution in [-0.4, -0.2) is 11.8 Å². The Morgan fingerprint density at radius 3 is 2.52 bits per heavy atom. The second-order valence-electron chi connectivity index (χ2n) is 6.74. The van der Waals surface area contributed by atoms with Gasteiger partial charge in [-0.05, 0) is 48.2 Å². The Balaban J connectivity index is 1.35. The topological polar surface area (TPSA) is 71.3 Å². The number of thiophene rings is 1. The van der Waals surface area contributed by atoms with Gasteiger partial charge in [-0.1, -0.05) is 36.4 Å². The van der Waals surface area contributed by atoms with Crippen molar-refractivity contribution in [2.75, 3.05) is 0 Å². The Bertz CT molecular complexity index is 1100. The lowest BCUT2D eigenvalue weighted by atomic mass is 10.1. The van der Waals surface area contributed by atoms with Gasteiger partial charge >= 0.3 is 0 Å². The molecule has 0 spiro atoms. The Labute approximate surface area is 172 Å². The van der Waals surface area contributed by atoms with Crippen molar-refractivity contribution in [3.63, 3.8) is 0 Å². The summed E-state index contributed by atoms with van der Waals surface area (Å²) in [5, 5.41) is 8.72. The van der Waals surface area contributed by atoms with E-state index < -0.39 is 0 Å². The molecule has 0 aliphatic heterocycles. The van der Waals surface area contributed by atoms with E-state index in [0.29, 0.717) is 22.7 Å². The van der Waals surface area contributed by atoms with Crippen molar-refractivity contribution < 1.29 is 14.0 Å². The largest absolute Gasteiger partial charge is 0.459 e. The first-order chi connectivity index (χ1) is 14.1. The molecule has 2 amide bonds. The maximum atomic E-state index is 12.6. The summed E-state index contributed by atoms with van der Waals surface area (Å²) in [5.74, 6) is 0.445. The van der Waals surface area contributed by atoms with Crippen molar-refractivity contribution in [1.29, 1.82) is 0 Å². The van der Waals surface area contributed by atoms with Crippen molar-refractivity contribution in [3.8, 4) is 0 Å². The van der Waals surface area contributed by atoms with Gasteiger partial charge in [-0.2, -0.15) is 0 Å². The Hall–Kier alpha value is -3.38. The van der Waals surface area contributed by atoms with E-state index in [1.807, 2.05) is 60.8 Å². The van der Waals surface area contributed by atoms with Gasteiger partial charge in [0.1, 0.15) is 11.3 Å². The first-order valence-corrected chi connectivity index (χ1v) is 10.2. The van der Waals surface area contributed by atoms with Gasteiger partial charge in [0.05, 0.1) is 10.9 Å². The van der Waals surface area contributed by atoms with Crippen LogP contribution < -0.4 is 10.6 Å². The molecule has 1 atom stereocenters. The third-order valence-electron chi connectivity index (χ3n) is 4.63. The van der Waals surface area contributed by atoms with Crippen LogP contribution in [0.1, 0.15) is 44.3 Å². The fraction of sp³-hybridized carbons (Fsp3) is 0.130. The molecule has 0 fully saturated rings. The number of rotatable bonds is 6. The molecule has 0 radical (unpaired) electrons. The van der Waals surface area contributed by atoms with Gasteiger partial charge in [-0.3, -0.25) is 9.59 Å². The molecule has 2 N–H and O–H groups in total. The molecule has 5 nitrogen and oxygen atoms in total. The van der Waals surface area contributed by atoms with Crippen LogP contribution in [0.3, 0.4) is 0 Å². The lowest BCUT2D eigenvalue weighted by molar-refractivity contribution is 0.0932. The number of nitrogens with one attached hydrogen (secondary N) is 2. The van der Waals surface area contributed by atoms with E-state index in [4.69, 9.17) is 4.42 Å². The van der Waals surface area contributed by atoms with E-state index in [0.717, 1.165) is 16.5 Å². The molecule has 4 rings (SSSR count). The quantitative estimate of drug-likeness (QED) is 0.479. The number of hydrogen-bond donors (Lipinski definition) is 2. The third-order valence-corrected chi connectivity index (χ3v) is 5.50. The minimum atomic E-state index is -0.250. The number of carbonyl (C=O) groups is 2. The number of fused-ring (bicyclic) bond motifs is 1. The highest BCUT2D eigenvalue weighted by Crippen LogP contribution is 2.23. The predicted octanol–water partition coefficient (Wildman–Crippen LogP) is 4.92. The highest BCUT2D eigenvalue weighted by Gasteiger charge is 2.15. The first kappa shape index (κ1) is 19.0. The zero-order valence-electron chi connectivity index (χ0n) is 15.8. The van der Waals surface area contributed by atoms with Gasteiger partial charge < -0.3 is 15.1 Å². The monoisotopic (exact) mass is 404 g/mol. The molecule has 6 heteroatoms. The smallest absolute Gasteiger partial charge is 0.261 e. The number of benzene rings is 2. The number of hydrogen-bond acceptors (Lipinski definition) is 4. The normalized spacial score (nSPS) is 11.9. The van der Waals surface area contributed by atoms with Crippen LogP contribution in [0.5, 0.6) is 0 Å². The summed E-state index contributed by atoms with van der Waals surface area (Å²) in [6, 6.07) is 20.3. The van der Waals surface area contributed by atoms with E-state index >= 15 is 0 Å². The van der Waals surface area contributed by atoms with Gasteiger partial charge in [-0.15, -0.1) is 11.3 Å². The van der Waals surface area contributed by atoms with Crippen molar-refractivity contribution in [3.05, 3.63) is 93.9 Å². The molecule has 0 aliphatic carbocycles. The molecule has 0 aliphatic rings. The SMILES string of the molecule is CC(NC(=O)c1ccc(CNC(=O)c2cccs2)cc1)c1cc2ccccc2o1. The summed E-state index contributed by atoms with van der Waals surface area (Å²) in [5.41, 5.74) is 2.29. The van der Waals surface area contributed by atoms with E-state index in [1.54, 1.807) is 18.2 Å². The van der Waals surface area contributed by atoms with Crippen LogP contribution in [0.4, 0.5) is 0 Å². The summed E-state index contributed by atoms with van der Waals surface area (Å²) in [7, 11) is 0. The summed E-state index contributed by atoms with van der Waals surface area (Å²) in [6.45, 7) is 2.30. The Morgan fingerprint density at radius 2 is 1.79 bits per heavy atom. The van der Waals surface area contributed by atoms with Crippen molar-refractivity contribution in [1.82, 2.24) is 10.6 Å². The van der Waals surface area contributed by atoms with Crippen LogP contribution in [0.25, 0.3) is 11.0 Å². The van der Waals surface area contributed by atoms with Gasteiger partial charge in [0.15, 0.2) is 0 Å². The summed E-state index contributed by atoms with van der Waals surface area (Å²) in [4.78, 5) is 25.2. The second kappa shape index (κ2) is 8.32. The van der Waals surface area contributed by atoms with Crippen molar-refractivity contribution >= 4 is 34.1 Å². The van der Waals surface area contributed by atoms with Crippen LogP contribution in [-0.2, 0) is 6.54 Å². The standard InChI is InChI=1S/C23H20N2O3S/c1-15(20-13-18-5-2-3-6-19(18)28-20)25-22(26)17-10-8-16(9-11-17)14-24-23(27)21-7-4-12-29-21/h2-13,15H,14H2,1H3,(H,24,27)(H,25,26). The van der Waals surface area contributed by atoms with Crippen LogP contribution in [0, 0.1) is 0 Å². The molecule has 29 heavy (non-hydrogen) atoms. The fourth-order valence-corrected chi connectivity index (χ4v) is 3.66. The molecule has 0 saturated heterocycles. The minimum Gasteiger partial charge on any atom is -0.459 e. The maximum absolute atomic E-state index is 12.6. The molecule has 0 saturated carbocycles. The number of furan rings is 1. The number of carbonyl (C=O) groups excluding carboxylic acids is 2. The fourth-order valence-electron chi connectivity index (χ4n) is 3.02. The number of amides is 2. The van der Waals surface area contributed by atoms with Gasteiger partial charge in [0, 0.05) is 17.5 Å². The molecule has 0 bridgehead atoms. The molecule has 1 unspecified atom stereocenters. The van der Waals surface area contributed by atoms with Gasteiger partial charge in [0.25, 0.3) is 11.8 Å². The average molecular weight is 404 g/mol. The second-order valence-corrected chi connectivity index (χ2v) is 7.69. The minimum absolute atomic E-state index is 0.0959. The Kier molecular flexibility index (Phi) is 5.44. The van der Waals surface area contributed by atoms with E-state index in [9.17, 15) is 9.59 Å². The van der Waals surface area contributed by atoms with Gasteiger partial charge in [0.2, 0.25) is 0 Å². The summed E-state index contributed by atoms with van der Waals surface area (Å²) in [6.07, 6.45) is 0. The van der Waals surface area contributed by atoms with E-state index in [-0.39, 0.29) is 17.9 Å². The van der Waals surface area contributed by atoms with Crippen LogP contribution >= 0.6 is 11.3 Å². The van der Waals surface area contributed by atoms with E-state index in [2.05, 4.69) is 10.6 Å². The molecule has 2 aromatic heterocycles. The summed E-state index contributed by atoms with van der Waals surface area (Å²) < 4.78 is 5.82. The van der Waals surface area contributed by atoms with Crippen LogP contribution in [0.15, 0.2) is 76.5 Å². The average Bonchev–Trinajstić information content (AvgIpc) is 3.42. The van der Waals surface area contributed by atoms with Crippen molar-refractivity contribution in [2.24, 2.45) is 0 Å². The molecule has 2 heterocycles. The van der Waals surface area contributed by atoms with Crippen molar-refractivity contribution in [2.45, 2.75) is 19.5 Å². The first-order valence-electron chi connectivity index (χ1n) is 9.30.